The predicted molar refractivity (Wildman–Crippen MR) is 73.2 cm³/mol. The molecule has 0 unspecified atom stereocenters. The van der Waals surface area contributed by atoms with Crippen LogP contribution in [-0.4, -0.2) is 60.8 Å². The molecular weight excluding hydrogens is 226 g/mol. The van der Waals surface area contributed by atoms with Crippen molar-refractivity contribution in [2.45, 2.75) is 33.1 Å². The first-order chi connectivity index (χ1) is 8.57. The van der Waals surface area contributed by atoms with Crippen molar-refractivity contribution in [1.29, 1.82) is 5.26 Å². The molecule has 0 aromatic rings. The van der Waals surface area contributed by atoms with Crippen molar-refractivity contribution >= 4 is 0 Å². The van der Waals surface area contributed by atoms with Crippen molar-refractivity contribution < 1.29 is 5.11 Å². The summed E-state index contributed by atoms with van der Waals surface area (Å²) in [6, 6.07) is 2.36. The van der Waals surface area contributed by atoms with E-state index in [1.165, 1.54) is 6.42 Å². The summed E-state index contributed by atoms with van der Waals surface area (Å²) in [4.78, 5) is 4.82. The summed E-state index contributed by atoms with van der Waals surface area (Å²) in [5.74, 6) is 0. The lowest BCUT2D eigenvalue weighted by atomic mass is 9.90. The third kappa shape index (κ3) is 5.81. The summed E-state index contributed by atoms with van der Waals surface area (Å²) in [5.41, 5.74) is -0.186. The van der Waals surface area contributed by atoms with Crippen molar-refractivity contribution in [1.82, 2.24) is 9.80 Å². The number of nitriles is 1. The minimum atomic E-state index is -0.186. The highest BCUT2D eigenvalue weighted by atomic mass is 16.3. The van der Waals surface area contributed by atoms with Gasteiger partial charge in [0, 0.05) is 19.6 Å². The molecule has 0 bridgehead atoms. The summed E-state index contributed by atoms with van der Waals surface area (Å²) in [5, 5.41) is 17.9. The van der Waals surface area contributed by atoms with Gasteiger partial charge in [0.2, 0.25) is 0 Å². The van der Waals surface area contributed by atoms with Gasteiger partial charge in [-0.25, -0.2) is 0 Å². The Morgan fingerprint density at radius 1 is 1.11 bits per heavy atom. The van der Waals surface area contributed by atoms with Crippen LogP contribution in [0.2, 0.25) is 0 Å². The van der Waals surface area contributed by atoms with E-state index in [2.05, 4.69) is 15.9 Å². The molecule has 0 aromatic heterocycles. The Labute approximate surface area is 111 Å². The first-order valence-corrected chi connectivity index (χ1v) is 7.04. The molecule has 1 fully saturated rings. The molecule has 4 nitrogen and oxygen atoms in total. The Kier molecular flexibility index (Phi) is 6.62. The highest BCUT2D eigenvalue weighted by Gasteiger charge is 2.18. The van der Waals surface area contributed by atoms with Crippen LogP contribution in [0.1, 0.15) is 33.1 Å². The SMILES string of the molecule is CC(C)(C#N)CCCN1CCCN(CCO)CC1. The van der Waals surface area contributed by atoms with E-state index in [4.69, 9.17) is 10.4 Å². The van der Waals surface area contributed by atoms with Gasteiger partial charge in [-0.2, -0.15) is 5.26 Å². The third-order valence-electron chi connectivity index (χ3n) is 3.68. The van der Waals surface area contributed by atoms with Gasteiger partial charge in [-0.1, -0.05) is 0 Å². The summed E-state index contributed by atoms with van der Waals surface area (Å²) in [7, 11) is 0. The first-order valence-electron chi connectivity index (χ1n) is 7.04. The van der Waals surface area contributed by atoms with Gasteiger partial charge in [0.25, 0.3) is 0 Å². The van der Waals surface area contributed by atoms with Crippen LogP contribution >= 0.6 is 0 Å². The van der Waals surface area contributed by atoms with E-state index in [-0.39, 0.29) is 12.0 Å². The number of hydrogen-bond donors (Lipinski definition) is 1. The number of hydrogen-bond acceptors (Lipinski definition) is 4. The Hall–Kier alpha value is -0.630. The maximum atomic E-state index is 8.98. The zero-order chi connectivity index (χ0) is 13.4. The summed E-state index contributed by atoms with van der Waals surface area (Å²) < 4.78 is 0. The zero-order valence-corrected chi connectivity index (χ0v) is 11.9. The van der Waals surface area contributed by atoms with Gasteiger partial charge in [-0.15, -0.1) is 0 Å². The highest BCUT2D eigenvalue weighted by molar-refractivity contribution is 4.91. The van der Waals surface area contributed by atoms with Crippen LogP contribution in [0.5, 0.6) is 0 Å². The summed E-state index contributed by atoms with van der Waals surface area (Å²) in [6.45, 7) is 10.6. The van der Waals surface area contributed by atoms with Crippen LogP contribution in [0.25, 0.3) is 0 Å². The minimum absolute atomic E-state index is 0.186. The minimum Gasteiger partial charge on any atom is -0.395 e. The molecule has 0 saturated carbocycles. The molecule has 1 N–H and O–H groups in total. The maximum absolute atomic E-state index is 8.98. The Balaban J connectivity index is 2.22. The largest absolute Gasteiger partial charge is 0.395 e. The van der Waals surface area contributed by atoms with Gasteiger partial charge in [0.1, 0.15) is 0 Å². The molecule has 104 valence electrons. The normalized spacial score (nSPS) is 19.4. The molecule has 0 aliphatic carbocycles. The molecule has 1 heterocycles. The van der Waals surface area contributed by atoms with E-state index < -0.39 is 0 Å². The number of aliphatic hydroxyl groups is 1. The Bertz CT molecular complexity index is 273. The lowest BCUT2D eigenvalue weighted by molar-refractivity contribution is 0.195. The van der Waals surface area contributed by atoms with Crippen molar-refractivity contribution in [3.8, 4) is 6.07 Å². The monoisotopic (exact) mass is 253 g/mol. The molecule has 0 atom stereocenters. The van der Waals surface area contributed by atoms with E-state index in [1.54, 1.807) is 0 Å². The average molecular weight is 253 g/mol. The lowest BCUT2D eigenvalue weighted by Gasteiger charge is -2.22. The van der Waals surface area contributed by atoms with Crippen LogP contribution in [0, 0.1) is 16.7 Å². The van der Waals surface area contributed by atoms with Crippen LogP contribution in [-0.2, 0) is 0 Å². The van der Waals surface area contributed by atoms with Crippen LogP contribution in [0.4, 0.5) is 0 Å². The van der Waals surface area contributed by atoms with E-state index in [0.717, 1.165) is 52.1 Å². The average Bonchev–Trinajstić information content (AvgIpc) is 2.56. The maximum Gasteiger partial charge on any atom is 0.0683 e. The molecule has 1 rings (SSSR count). The van der Waals surface area contributed by atoms with E-state index in [9.17, 15) is 0 Å². The summed E-state index contributed by atoms with van der Waals surface area (Å²) in [6.07, 6.45) is 3.25. The first kappa shape index (κ1) is 15.4. The number of aliphatic hydroxyl groups excluding tert-OH is 1. The molecule has 0 aromatic carbocycles. The molecule has 4 heteroatoms. The fraction of sp³-hybridized carbons (Fsp3) is 0.929. The molecule has 0 amide bonds. The predicted octanol–water partition coefficient (Wildman–Crippen LogP) is 1.32. The smallest absolute Gasteiger partial charge is 0.0683 e. The highest BCUT2D eigenvalue weighted by Crippen LogP contribution is 2.20. The second-order valence-corrected chi connectivity index (χ2v) is 5.86. The van der Waals surface area contributed by atoms with E-state index >= 15 is 0 Å². The van der Waals surface area contributed by atoms with Crippen LogP contribution < -0.4 is 0 Å². The fourth-order valence-corrected chi connectivity index (χ4v) is 2.41. The summed E-state index contributed by atoms with van der Waals surface area (Å²) >= 11 is 0. The van der Waals surface area contributed by atoms with Crippen molar-refractivity contribution in [2.24, 2.45) is 5.41 Å². The van der Waals surface area contributed by atoms with Gasteiger partial charge in [0.15, 0.2) is 0 Å². The zero-order valence-electron chi connectivity index (χ0n) is 11.9. The van der Waals surface area contributed by atoms with Gasteiger partial charge in [0.05, 0.1) is 18.1 Å². The Morgan fingerprint density at radius 2 is 1.72 bits per heavy atom. The quantitative estimate of drug-likeness (QED) is 0.775. The van der Waals surface area contributed by atoms with Gasteiger partial charge in [-0.05, 0) is 52.7 Å². The van der Waals surface area contributed by atoms with Crippen molar-refractivity contribution in [3.05, 3.63) is 0 Å². The van der Waals surface area contributed by atoms with Gasteiger partial charge >= 0.3 is 0 Å². The Morgan fingerprint density at radius 3 is 2.28 bits per heavy atom. The second-order valence-electron chi connectivity index (χ2n) is 5.86. The molecular formula is C14H27N3O. The second kappa shape index (κ2) is 7.73. The van der Waals surface area contributed by atoms with E-state index in [1.807, 2.05) is 13.8 Å². The topological polar surface area (TPSA) is 50.5 Å². The number of β-amino-alcohol motifs (C(OH)–C–C–N with tert-alkyl or cyclic N) is 1. The van der Waals surface area contributed by atoms with Gasteiger partial charge < -0.3 is 10.0 Å². The molecule has 1 saturated heterocycles. The standard InChI is InChI=1S/C14H27N3O/c1-14(2,13-15)5-3-6-16-7-4-8-17(10-9-16)11-12-18/h18H,3-12H2,1-2H3. The van der Waals surface area contributed by atoms with Crippen molar-refractivity contribution in [2.75, 3.05) is 45.9 Å². The molecule has 18 heavy (non-hydrogen) atoms. The van der Waals surface area contributed by atoms with E-state index in [0.29, 0.717) is 0 Å². The number of rotatable bonds is 6. The fourth-order valence-electron chi connectivity index (χ4n) is 2.41. The third-order valence-corrected chi connectivity index (χ3v) is 3.68. The van der Waals surface area contributed by atoms with Crippen LogP contribution in [0.3, 0.4) is 0 Å². The molecule has 0 radical (unpaired) electrons. The number of nitrogens with zero attached hydrogens (tertiary/aromatic N) is 3. The van der Waals surface area contributed by atoms with Crippen molar-refractivity contribution in [3.63, 3.8) is 0 Å². The van der Waals surface area contributed by atoms with Gasteiger partial charge in [-0.3, -0.25) is 4.90 Å². The molecule has 0 spiro atoms. The molecule has 1 aliphatic rings. The molecule has 1 aliphatic heterocycles. The van der Waals surface area contributed by atoms with Crippen LogP contribution in [0.15, 0.2) is 0 Å². The lowest BCUT2D eigenvalue weighted by Crippen LogP contribution is -2.33.